The van der Waals surface area contributed by atoms with Crippen LogP contribution < -0.4 is 5.32 Å². The van der Waals surface area contributed by atoms with E-state index in [9.17, 15) is 18.4 Å². The smallest absolute Gasteiger partial charge is 0.344 e. The van der Waals surface area contributed by atoms with Crippen molar-refractivity contribution in [1.29, 1.82) is 0 Å². The number of halogens is 2. The summed E-state index contributed by atoms with van der Waals surface area (Å²) in [5.41, 5.74) is 0. The van der Waals surface area contributed by atoms with E-state index in [2.05, 4.69) is 10.1 Å². The van der Waals surface area contributed by atoms with Crippen LogP contribution in [-0.2, 0) is 14.3 Å². The van der Waals surface area contributed by atoms with Gasteiger partial charge in [0.2, 0.25) is 11.8 Å². The molecule has 108 valence electrons. The van der Waals surface area contributed by atoms with Gasteiger partial charge in [0, 0.05) is 19.5 Å². The summed E-state index contributed by atoms with van der Waals surface area (Å²) in [6.45, 7) is -0.318. The summed E-state index contributed by atoms with van der Waals surface area (Å²) in [7, 11) is 0. The molecule has 0 radical (unpaired) electrons. The largest absolute Gasteiger partial charge is 0.345 e. The van der Waals surface area contributed by atoms with Crippen LogP contribution in [0.1, 0.15) is 26.2 Å². The average Bonchev–Trinajstić information content (AvgIpc) is 2.74. The first-order valence-electron chi connectivity index (χ1n) is 6.47. The fraction of sp³-hybridized carbons (Fsp3) is 0.833. The van der Waals surface area contributed by atoms with Crippen molar-refractivity contribution in [1.82, 2.24) is 10.2 Å². The van der Waals surface area contributed by atoms with E-state index < -0.39 is 18.8 Å². The van der Waals surface area contributed by atoms with Crippen molar-refractivity contribution in [2.75, 3.05) is 13.1 Å². The molecule has 0 aromatic heterocycles. The fourth-order valence-electron chi connectivity index (χ4n) is 2.68. The number of alkyl halides is 2. The molecule has 0 aliphatic carbocycles. The molecule has 2 rings (SSSR count). The Morgan fingerprint density at radius 3 is 2.89 bits per heavy atom. The van der Waals surface area contributed by atoms with E-state index in [4.69, 9.17) is 0 Å². The third-order valence-electron chi connectivity index (χ3n) is 3.56. The molecule has 7 heteroatoms. The van der Waals surface area contributed by atoms with Crippen LogP contribution in [0.2, 0.25) is 0 Å². The fourth-order valence-corrected chi connectivity index (χ4v) is 2.68. The van der Waals surface area contributed by atoms with Crippen LogP contribution in [0, 0.1) is 5.92 Å². The number of rotatable bonds is 3. The highest BCUT2D eigenvalue weighted by Gasteiger charge is 2.35. The zero-order valence-electron chi connectivity index (χ0n) is 10.8. The second-order valence-corrected chi connectivity index (χ2v) is 5.26. The van der Waals surface area contributed by atoms with Crippen molar-refractivity contribution in [3.63, 3.8) is 0 Å². The Hall–Kier alpha value is -1.24. The predicted molar refractivity (Wildman–Crippen MR) is 62.4 cm³/mol. The van der Waals surface area contributed by atoms with E-state index in [1.54, 1.807) is 0 Å². The van der Waals surface area contributed by atoms with Crippen molar-refractivity contribution >= 4 is 11.8 Å². The Labute approximate surface area is 110 Å². The van der Waals surface area contributed by atoms with Crippen molar-refractivity contribution in [3.05, 3.63) is 0 Å². The van der Waals surface area contributed by atoms with E-state index in [1.165, 1.54) is 4.90 Å². The van der Waals surface area contributed by atoms with Gasteiger partial charge in [-0.15, -0.1) is 0 Å². The van der Waals surface area contributed by atoms with Gasteiger partial charge in [-0.2, -0.15) is 8.78 Å². The molecule has 0 spiro atoms. The molecule has 19 heavy (non-hydrogen) atoms. The monoisotopic (exact) mass is 276 g/mol. The summed E-state index contributed by atoms with van der Waals surface area (Å²) in [5, 5.41) is 2.66. The van der Waals surface area contributed by atoms with Gasteiger partial charge in [0.15, 0.2) is 0 Å². The lowest BCUT2D eigenvalue weighted by atomic mass is 9.93. The molecule has 2 aliphatic rings. The number of ether oxygens (including phenoxy) is 1. The molecule has 0 bridgehead atoms. The molecule has 2 saturated heterocycles. The quantitative estimate of drug-likeness (QED) is 0.827. The van der Waals surface area contributed by atoms with Gasteiger partial charge in [-0.1, -0.05) is 6.92 Å². The number of likely N-dealkylation sites (tertiary alicyclic amines) is 1. The number of carbonyl (C=O) groups excluding carboxylic acids is 2. The van der Waals surface area contributed by atoms with E-state index in [0.29, 0.717) is 25.8 Å². The lowest BCUT2D eigenvalue weighted by Crippen LogP contribution is -2.51. The molecular formula is C12H18F2N2O3. The normalized spacial score (nSPS) is 31.7. The Kier molecular flexibility index (Phi) is 4.34. The topological polar surface area (TPSA) is 58.6 Å². The zero-order chi connectivity index (χ0) is 14.0. The third kappa shape index (κ3) is 3.62. The highest BCUT2D eigenvalue weighted by atomic mass is 19.3. The van der Waals surface area contributed by atoms with Crippen molar-refractivity contribution in [3.8, 4) is 0 Å². The summed E-state index contributed by atoms with van der Waals surface area (Å²) in [5.74, 6) is -0.157. The van der Waals surface area contributed by atoms with Gasteiger partial charge in [-0.3, -0.25) is 9.59 Å². The Morgan fingerprint density at radius 2 is 2.26 bits per heavy atom. The number of hydrogen-bond acceptors (Lipinski definition) is 3. The van der Waals surface area contributed by atoms with Crippen molar-refractivity contribution in [2.24, 2.45) is 5.92 Å². The van der Waals surface area contributed by atoms with Crippen LogP contribution in [0.5, 0.6) is 0 Å². The molecule has 2 amide bonds. The van der Waals surface area contributed by atoms with Gasteiger partial charge in [0.1, 0.15) is 6.04 Å². The van der Waals surface area contributed by atoms with Crippen LogP contribution >= 0.6 is 0 Å². The second-order valence-electron chi connectivity index (χ2n) is 5.26. The van der Waals surface area contributed by atoms with Gasteiger partial charge in [-0.25, -0.2) is 0 Å². The zero-order valence-corrected chi connectivity index (χ0v) is 10.8. The maximum Gasteiger partial charge on any atom is 0.345 e. The summed E-state index contributed by atoms with van der Waals surface area (Å²) >= 11 is 0. The van der Waals surface area contributed by atoms with Crippen LogP contribution in [0.15, 0.2) is 0 Å². The van der Waals surface area contributed by atoms with Gasteiger partial charge >= 0.3 is 6.61 Å². The van der Waals surface area contributed by atoms with Crippen molar-refractivity contribution in [2.45, 2.75) is 44.9 Å². The molecule has 0 unspecified atom stereocenters. The lowest BCUT2D eigenvalue weighted by molar-refractivity contribution is -0.160. The molecule has 3 atom stereocenters. The Morgan fingerprint density at radius 1 is 1.53 bits per heavy atom. The van der Waals surface area contributed by atoms with E-state index in [-0.39, 0.29) is 24.3 Å². The number of amides is 2. The molecule has 2 fully saturated rings. The van der Waals surface area contributed by atoms with E-state index in [0.717, 1.165) is 0 Å². The molecule has 2 heterocycles. The Bertz CT molecular complexity index is 365. The number of piperidine rings is 1. The summed E-state index contributed by atoms with van der Waals surface area (Å²) in [6.07, 6.45) is 0.829. The highest BCUT2D eigenvalue weighted by molar-refractivity contribution is 5.89. The standard InChI is InChI=1S/C12H18F2N2O3/c1-7-4-9(15-10(17)5-7)11(18)16-3-2-8(6-16)19-12(13)14/h7-9,12H,2-6H2,1H3,(H,15,17)/t7-,8-,9-/m0/s1. The van der Waals surface area contributed by atoms with Crippen molar-refractivity contribution < 1.29 is 23.1 Å². The molecule has 0 saturated carbocycles. The van der Waals surface area contributed by atoms with Gasteiger partial charge in [0.25, 0.3) is 0 Å². The van der Waals surface area contributed by atoms with Crippen LogP contribution in [-0.4, -0.2) is 48.6 Å². The first kappa shape index (κ1) is 14.2. The molecule has 1 N–H and O–H groups in total. The molecule has 2 aliphatic heterocycles. The minimum Gasteiger partial charge on any atom is -0.344 e. The van der Waals surface area contributed by atoms with E-state index >= 15 is 0 Å². The number of carbonyl (C=O) groups is 2. The maximum atomic E-state index is 12.2. The first-order valence-corrected chi connectivity index (χ1v) is 6.47. The minimum atomic E-state index is -2.81. The number of nitrogens with zero attached hydrogens (tertiary/aromatic N) is 1. The maximum absolute atomic E-state index is 12.2. The predicted octanol–water partition coefficient (Wildman–Crippen LogP) is 0.741. The van der Waals surface area contributed by atoms with E-state index in [1.807, 2.05) is 6.92 Å². The summed E-state index contributed by atoms with van der Waals surface area (Å²) < 4.78 is 28.6. The SMILES string of the molecule is C[C@@H]1CC(=O)N[C@H](C(=O)N2CC[C@H](OC(F)F)C2)C1. The third-order valence-corrected chi connectivity index (χ3v) is 3.56. The average molecular weight is 276 g/mol. The second kappa shape index (κ2) is 5.81. The molecule has 0 aromatic rings. The lowest BCUT2D eigenvalue weighted by Gasteiger charge is -2.30. The first-order chi connectivity index (χ1) is 8.95. The molecular weight excluding hydrogens is 258 g/mol. The number of hydrogen-bond donors (Lipinski definition) is 1. The minimum absolute atomic E-state index is 0.128. The van der Waals surface area contributed by atoms with Crippen LogP contribution in [0.4, 0.5) is 8.78 Å². The highest BCUT2D eigenvalue weighted by Crippen LogP contribution is 2.21. The number of nitrogens with one attached hydrogen (secondary N) is 1. The van der Waals surface area contributed by atoms with Gasteiger partial charge < -0.3 is 15.0 Å². The molecule has 0 aromatic carbocycles. The summed E-state index contributed by atoms with van der Waals surface area (Å²) in [4.78, 5) is 25.1. The van der Waals surface area contributed by atoms with Gasteiger partial charge in [0.05, 0.1) is 6.10 Å². The van der Waals surface area contributed by atoms with Gasteiger partial charge in [-0.05, 0) is 18.8 Å². The Balaban J connectivity index is 1.88. The molecule has 5 nitrogen and oxygen atoms in total. The summed E-state index contributed by atoms with van der Waals surface area (Å²) in [6, 6.07) is -0.526. The van der Waals surface area contributed by atoms with Crippen LogP contribution in [0.25, 0.3) is 0 Å². The van der Waals surface area contributed by atoms with Crippen LogP contribution in [0.3, 0.4) is 0 Å².